The number of benzene rings is 1. The molecule has 1 aromatic heterocycles. The lowest BCUT2D eigenvalue weighted by Crippen LogP contribution is -2.30. The van der Waals surface area contributed by atoms with Crippen molar-refractivity contribution in [3.8, 4) is 0 Å². The number of aliphatic hydroxyl groups excluding tert-OH is 1. The molecule has 0 unspecified atom stereocenters. The fraction of sp³-hybridized carbons (Fsp3) is 0.444. The summed E-state index contributed by atoms with van der Waals surface area (Å²) in [6.45, 7) is 7.17. The molecule has 0 aliphatic carbocycles. The highest BCUT2D eigenvalue weighted by atomic mass is 19.4. The maximum atomic E-state index is 13.2. The van der Waals surface area contributed by atoms with Crippen molar-refractivity contribution < 1.29 is 18.3 Å². The van der Waals surface area contributed by atoms with Crippen LogP contribution in [0.1, 0.15) is 30.7 Å². The highest BCUT2D eigenvalue weighted by Crippen LogP contribution is 2.31. The molecule has 0 radical (unpaired) electrons. The van der Waals surface area contributed by atoms with E-state index in [-0.39, 0.29) is 24.3 Å². The second-order valence-corrected chi connectivity index (χ2v) is 6.53. The minimum atomic E-state index is -4.61. The molecule has 1 heterocycles. The molecule has 8 heteroatoms. The van der Waals surface area contributed by atoms with E-state index in [1.165, 1.54) is 0 Å². The summed E-state index contributed by atoms with van der Waals surface area (Å²) in [4.78, 5) is 7.71. The Labute approximate surface area is 150 Å². The zero-order valence-corrected chi connectivity index (χ0v) is 15.1. The predicted molar refractivity (Wildman–Crippen MR) is 95.6 cm³/mol. The van der Waals surface area contributed by atoms with Gasteiger partial charge < -0.3 is 15.7 Å². The maximum Gasteiger partial charge on any atom is 0.433 e. The van der Waals surface area contributed by atoms with Gasteiger partial charge in [0.15, 0.2) is 5.69 Å². The van der Waals surface area contributed by atoms with Crippen LogP contribution in [0.5, 0.6) is 0 Å². The van der Waals surface area contributed by atoms with Crippen LogP contribution < -0.4 is 10.6 Å². The summed E-state index contributed by atoms with van der Waals surface area (Å²) in [5.41, 5.74) is 1.43. The van der Waals surface area contributed by atoms with Gasteiger partial charge in [-0.2, -0.15) is 18.2 Å². The number of para-hydroxylation sites is 1. The van der Waals surface area contributed by atoms with E-state index < -0.39 is 17.9 Å². The van der Waals surface area contributed by atoms with Gasteiger partial charge in [0.25, 0.3) is 0 Å². The van der Waals surface area contributed by atoms with Gasteiger partial charge in [-0.1, -0.05) is 32.0 Å². The summed E-state index contributed by atoms with van der Waals surface area (Å²) < 4.78 is 39.7. The van der Waals surface area contributed by atoms with Crippen molar-refractivity contribution in [3.05, 3.63) is 41.1 Å². The number of anilines is 3. The van der Waals surface area contributed by atoms with E-state index in [2.05, 4.69) is 20.6 Å². The van der Waals surface area contributed by atoms with Gasteiger partial charge in [0, 0.05) is 11.8 Å². The summed E-state index contributed by atoms with van der Waals surface area (Å²) in [5.74, 6) is -0.151. The van der Waals surface area contributed by atoms with Crippen molar-refractivity contribution in [1.29, 1.82) is 0 Å². The van der Waals surface area contributed by atoms with Gasteiger partial charge in [-0.15, -0.1) is 0 Å². The number of hydrogen-bond acceptors (Lipinski definition) is 5. The minimum absolute atomic E-state index is 0.00633. The molecule has 0 saturated heterocycles. The largest absolute Gasteiger partial charge is 0.433 e. The summed E-state index contributed by atoms with van der Waals surface area (Å²) in [6.07, 6.45) is -4.61. The molecule has 3 N–H and O–H groups in total. The van der Waals surface area contributed by atoms with Crippen LogP contribution in [0.3, 0.4) is 0 Å². The minimum Gasteiger partial charge on any atom is -0.394 e. The Morgan fingerprint density at radius 2 is 1.73 bits per heavy atom. The molecule has 26 heavy (non-hydrogen) atoms. The van der Waals surface area contributed by atoms with Crippen LogP contribution >= 0.6 is 0 Å². The summed E-state index contributed by atoms with van der Waals surface area (Å²) in [5, 5.41) is 15.2. The summed E-state index contributed by atoms with van der Waals surface area (Å²) in [6, 6.07) is 6.02. The van der Waals surface area contributed by atoms with Crippen LogP contribution in [0.15, 0.2) is 24.3 Å². The fourth-order valence-corrected chi connectivity index (χ4v) is 2.45. The van der Waals surface area contributed by atoms with Crippen LogP contribution in [0.4, 0.5) is 30.6 Å². The topological polar surface area (TPSA) is 70.1 Å². The Morgan fingerprint density at radius 1 is 1.12 bits per heavy atom. The average molecular weight is 368 g/mol. The van der Waals surface area contributed by atoms with E-state index in [1.807, 2.05) is 45.9 Å². The van der Waals surface area contributed by atoms with Crippen LogP contribution in [0.2, 0.25) is 0 Å². The van der Waals surface area contributed by atoms with Gasteiger partial charge in [0.1, 0.15) is 5.82 Å². The van der Waals surface area contributed by atoms with Gasteiger partial charge in [-0.05, 0) is 30.9 Å². The van der Waals surface area contributed by atoms with Crippen LogP contribution in [-0.2, 0) is 6.18 Å². The van der Waals surface area contributed by atoms with Crippen LogP contribution in [0.25, 0.3) is 0 Å². The number of halogens is 3. The second-order valence-electron chi connectivity index (χ2n) is 6.53. The predicted octanol–water partition coefficient (Wildman–Crippen LogP) is 4.28. The SMILES string of the molecule is Cc1cccc(C)c1Nc1cc(C(F)(F)F)nc(N[C@@H](CO)C(C)C)n1. The fourth-order valence-electron chi connectivity index (χ4n) is 2.45. The number of aromatic nitrogens is 2. The maximum absolute atomic E-state index is 13.2. The molecule has 2 aromatic rings. The second kappa shape index (κ2) is 7.90. The van der Waals surface area contributed by atoms with Crippen molar-refractivity contribution in [3.63, 3.8) is 0 Å². The smallest absolute Gasteiger partial charge is 0.394 e. The van der Waals surface area contributed by atoms with E-state index in [4.69, 9.17) is 0 Å². The number of rotatable bonds is 6. The molecule has 142 valence electrons. The molecular weight excluding hydrogens is 345 g/mol. The van der Waals surface area contributed by atoms with Gasteiger partial charge >= 0.3 is 6.18 Å². The molecule has 1 atom stereocenters. The first-order valence-electron chi connectivity index (χ1n) is 8.28. The van der Waals surface area contributed by atoms with E-state index >= 15 is 0 Å². The molecule has 0 amide bonds. The van der Waals surface area contributed by atoms with Crippen molar-refractivity contribution in [2.75, 3.05) is 17.2 Å². The van der Waals surface area contributed by atoms with Crippen molar-refractivity contribution in [2.45, 2.75) is 39.9 Å². The van der Waals surface area contributed by atoms with E-state index in [0.717, 1.165) is 17.2 Å². The Morgan fingerprint density at radius 3 is 2.23 bits per heavy atom. The Hall–Kier alpha value is -2.35. The normalized spacial score (nSPS) is 13.0. The third-order valence-corrected chi connectivity index (χ3v) is 4.07. The highest BCUT2D eigenvalue weighted by Gasteiger charge is 2.34. The van der Waals surface area contributed by atoms with Crippen molar-refractivity contribution in [1.82, 2.24) is 9.97 Å². The molecular formula is C18H23F3N4O. The van der Waals surface area contributed by atoms with Crippen molar-refractivity contribution in [2.24, 2.45) is 5.92 Å². The van der Waals surface area contributed by atoms with Gasteiger partial charge in [0.2, 0.25) is 5.95 Å². The van der Waals surface area contributed by atoms with Gasteiger partial charge in [-0.3, -0.25) is 0 Å². The molecule has 0 saturated carbocycles. The van der Waals surface area contributed by atoms with Crippen LogP contribution in [-0.4, -0.2) is 27.7 Å². The molecule has 1 aromatic carbocycles. The van der Waals surface area contributed by atoms with Gasteiger partial charge in [0.05, 0.1) is 12.6 Å². The molecule has 5 nitrogen and oxygen atoms in total. The summed E-state index contributed by atoms with van der Waals surface area (Å²) >= 11 is 0. The van der Waals surface area contributed by atoms with Crippen LogP contribution in [0, 0.1) is 19.8 Å². The molecule has 0 bridgehead atoms. The number of nitrogens with one attached hydrogen (secondary N) is 2. The number of alkyl halides is 3. The lowest BCUT2D eigenvalue weighted by atomic mass is 10.1. The third kappa shape index (κ3) is 4.85. The van der Waals surface area contributed by atoms with Crippen molar-refractivity contribution >= 4 is 17.5 Å². The van der Waals surface area contributed by atoms with E-state index in [1.54, 1.807) is 0 Å². The first-order valence-corrected chi connectivity index (χ1v) is 8.28. The number of aliphatic hydroxyl groups is 1. The lowest BCUT2D eigenvalue weighted by Gasteiger charge is -2.21. The lowest BCUT2D eigenvalue weighted by molar-refractivity contribution is -0.141. The number of hydrogen-bond donors (Lipinski definition) is 3. The Kier molecular flexibility index (Phi) is 6.07. The quantitative estimate of drug-likeness (QED) is 0.710. The standard InChI is InChI=1S/C18H23F3N4O/c1-10(2)13(9-26)22-17-23-14(18(19,20)21)8-15(25-17)24-16-11(3)6-5-7-12(16)4/h5-8,10,13,26H,9H2,1-4H3,(H2,22,23,24,25)/t13-/m0/s1. The van der Waals surface area contributed by atoms with Gasteiger partial charge in [-0.25, -0.2) is 4.98 Å². The van der Waals surface area contributed by atoms with E-state index in [0.29, 0.717) is 5.69 Å². The molecule has 2 rings (SSSR count). The number of nitrogens with zero attached hydrogens (tertiary/aromatic N) is 2. The third-order valence-electron chi connectivity index (χ3n) is 4.07. The number of aryl methyl sites for hydroxylation is 2. The first-order chi connectivity index (χ1) is 12.1. The molecule has 0 fully saturated rings. The zero-order chi connectivity index (χ0) is 19.5. The zero-order valence-electron chi connectivity index (χ0n) is 15.1. The monoisotopic (exact) mass is 368 g/mol. The van der Waals surface area contributed by atoms with E-state index in [9.17, 15) is 18.3 Å². The molecule has 0 aliphatic heterocycles. The summed E-state index contributed by atoms with van der Waals surface area (Å²) in [7, 11) is 0. The molecule has 0 spiro atoms. The Bertz CT molecular complexity index is 742. The average Bonchev–Trinajstić information content (AvgIpc) is 2.55. The Balaban J connectivity index is 2.43. The highest BCUT2D eigenvalue weighted by molar-refractivity contribution is 5.65. The first kappa shape index (κ1) is 20.0. The molecule has 0 aliphatic rings.